The van der Waals surface area contributed by atoms with Gasteiger partial charge in [-0.25, -0.2) is 0 Å². The predicted octanol–water partition coefficient (Wildman–Crippen LogP) is 2.57. The SMILES string of the molecule is Cn1ncc(C(=O)NC[C@@]2(O)CCc3ccccc32)c1Cc1ccccc1. The van der Waals surface area contributed by atoms with Crippen LogP contribution < -0.4 is 5.32 Å². The maximum Gasteiger partial charge on any atom is 0.254 e. The first-order valence-corrected chi connectivity index (χ1v) is 9.20. The summed E-state index contributed by atoms with van der Waals surface area (Å²) in [6.45, 7) is 0.197. The number of benzene rings is 2. The summed E-state index contributed by atoms with van der Waals surface area (Å²) in [5, 5.41) is 18.2. The van der Waals surface area contributed by atoms with Gasteiger partial charge in [-0.15, -0.1) is 0 Å². The highest BCUT2D eigenvalue weighted by molar-refractivity contribution is 5.95. The van der Waals surface area contributed by atoms with Gasteiger partial charge in [0.15, 0.2) is 0 Å². The van der Waals surface area contributed by atoms with Crippen molar-refractivity contribution in [1.82, 2.24) is 15.1 Å². The Bertz CT molecular complexity index is 965. The van der Waals surface area contributed by atoms with E-state index < -0.39 is 5.60 Å². The minimum Gasteiger partial charge on any atom is -0.383 e. The van der Waals surface area contributed by atoms with Crippen LogP contribution >= 0.6 is 0 Å². The van der Waals surface area contributed by atoms with Gasteiger partial charge in [-0.3, -0.25) is 9.48 Å². The molecule has 1 aliphatic rings. The number of rotatable bonds is 5. The second-order valence-corrected chi connectivity index (χ2v) is 7.16. The number of hydrogen-bond donors (Lipinski definition) is 2. The molecule has 1 atom stereocenters. The Morgan fingerprint density at radius 1 is 1.19 bits per heavy atom. The maximum absolute atomic E-state index is 12.8. The maximum atomic E-state index is 12.8. The number of aromatic nitrogens is 2. The zero-order valence-corrected chi connectivity index (χ0v) is 15.4. The lowest BCUT2D eigenvalue weighted by atomic mass is 9.96. The van der Waals surface area contributed by atoms with Crippen molar-refractivity contribution in [3.05, 3.63) is 88.7 Å². The number of nitrogens with one attached hydrogen (secondary N) is 1. The molecule has 1 aliphatic carbocycles. The molecule has 2 aromatic carbocycles. The van der Waals surface area contributed by atoms with Gasteiger partial charge in [0.1, 0.15) is 5.60 Å². The van der Waals surface area contributed by atoms with Crippen molar-refractivity contribution in [2.75, 3.05) is 6.54 Å². The first-order valence-electron chi connectivity index (χ1n) is 9.20. The van der Waals surface area contributed by atoms with E-state index in [1.54, 1.807) is 10.9 Å². The van der Waals surface area contributed by atoms with Crippen molar-refractivity contribution in [1.29, 1.82) is 0 Å². The number of fused-ring (bicyclic) bond motifs is 1. The molecular weight excluding hydrogens is 338 g/mol. The summed E-state index contributed by atoms with van der Waals surface area (Å²) in [5.41, 5.74) is 3.60. The van der Waals surface area contributed by atoms with Crippen LogP contribution in [0.4, 0.5) is 0 Å². The minimum atomic E-state index is -1.01. The van der Waals surface area contributed by atoms with Gasteiger partial charge in [0.05, 0.1) is 24.0 Å². The fourth-order valence-corrected chi connectivity index (χ4v) is 3.83. The average Bonchev–Trinajstić information content (AvgIpc) is 3.22. The van der Waals surface area contributed by atoms with E-state index in [9.17, 15) is 9.90 Å². The van der Waals surface area contributed by atoms with Crippen molar-refractivity contribution in [2.24, 2.45) is 7.05 Å². The van der Waals surface area contributed by atoms with Crippen molar-refractivity contribution in [2.45, 2.75) is 24.9 Å². The summed E-state index contributed by atoms with van der Waals surface area (Å²) in [7, 11) is 1.84. The Morgan fingerprint density at radius 2 is 1.93 bits per heavy atom. The fraction of sp³-hybridized carbons (Fsp3) is 0.273. The van der Waals surface area contributed by atoms with E-state index in [0.29, 0.717) is 18.4 Å². The number of aryl methyl sites for hydroxylation is 2. The molecule has 3 aromatic rings. The van der Waals surface area contributed by atoms with Crippen LogP contribution in [-0.4, -0.2) is 27.3 Å². The Labute approximate surface area is 158 Å². The first-order chi connectivity index (χ1) is 13.1. The van der Waals surface area contributed by atoms with Crippen molar-refractivity contribution >= 4 is 5.91 Å². The molecule has 0 spiro atoms. The van der Waals surface area contributed by atoms with Crippen molar-refractivity contribution in [3.8, 4) is 0 Å². The normalized spacial score (nSPS) is 18.3. The molecular formula is C22H23N3O2. The van der Waals surface area contributed by atoms with Crippen molar-refractivity contribution < 1.29 is 9.90 Å². The highest BCUT2D eigenvalue weighted by Gasteiger charge is 2.36. The lowest BCUT2D eigenvalue weighted by Crippen LogP contribution is -2.39. The lowest BCUT2D eigenvalue weighted by Gasteiger charge is -2.24. The standard InChI is InChI=1S/C22H23N3O2/c1-25-20(13-16-7-3-2-4-8-16)18(14-24-25)21(26)23-15-22(27)12-11-17-9-5-6-10-19(17)22/h2-10,14,27H,11-13,15H2,1H3,(H,23,26)/t22-/m0/s1. The van der Waals surface area contributed by atoms with E-state index in [1.165, 1.54) is 0 Å². The quantitative estimate of drug-likeness (QED) is 0.734. The van der Waals surface area contributed by atoms with E-state index in [-0.39, 0.29) is 12.5 Å². The zero-order valence-electron chi connectivity index (χ0n) is 15.4. The van der Waals surface area contributed by atoms with E-state index in [4.69, 9.17) is 0 Å². The molecule has 0 radical (unpaired) electrons. The largest absolute Gasteiger partial charge is 0.383 e. The zero-order chi connectivity index (χ0) is 18.9. The summed E-state index contributed by atoms with van der Waals surface area (Å²) in [4.78, 5) is 12.8. The lowest BCUT2D eigenvalue weighted by molar-refractivity contribution is 0.0369. The molecule has 5 nitrogen and oxygen atoms in total. The van der Waals surface area contributed by atoms with E-state index in [0.717, 1.165) is 28.8 Å². The number of carbonyl (C=O) groups is 1. The van der Waals surface area contributed by atoms with Gasteiger partial charge in [0.25, 0.3) is 5.91 Å². The molecule has 4 rings (SSSR count). The van der Waals surface area contributed by atoms with Crippen LogP contribution in [0, 0.1) is 0 Å². The third kappa shape index (κ3) is 3.38. The van der Waals surface area contributed by atoms with Crippen LogP contribution in [0.25, 0.3) is 0 Å². The Balaban J connectivity index is 1.50. The van der Waals surface area contributed by atoms with Gasteiger partial charge in [-0.1, -0.05) is 54.6 Å². The van der Waals surface area contributed by atoms with E-state index in [2.05, 4.69) is 10.4 Å². The fourth-order valence-electron chi connectivity index (χ4n) is 3.83. The topological polar surface area (TPSA) is 67.2 Å². The number of hydrogen-bond acceptors (Lipinski definition) is 3. The molecule has 138 valence electrons. The summed E-state index contributed by atoms with van der Waals surface area (Å²) < 4.78 is 1.74. The Kier molecular flexibility index (Phi) is 4.54. The van der Waals surface area contributed by atoms with Gasteiger partial charge in [-0.2, -0.15) is 5.10 Å². The Morgan fingerprint density at radius 3 is 2.74 bits per heavy atom. The summed E-state index contributed by atoms with van der Waals surface area (Å²) in [6.07, 6.45) is 3.68. The van der Waals surface area contributed by atoms with Gasteiger partial charge in [-0.05, 0) is 29.5 Å². The first kappa shape index (κ1) is 17.5. The van der Waals surface area contributed by atoms with Crippen LogP contribution in [0.5, 0.6) is 0 Å². The van der Waals surface area contributed by atoms with Crippen LogP contribution in [0.2, 0.25) is 0 Å². The van der Waals surface area contributed by atoms with Crippen LogP contribution in [-0.2, 0) is 25.5 Å². The molecule has 0 unspecified atom stereocenters. The third-order valence-corrected chi connectivity index (χ3v) is 5.39. The molecule has 2 N–H and O–H groups in total. The molecule has 27 heavy (non-hydrogen) atoms. The van der Waals surface area contributed by atoms with Gasteiger partial charge < -0.3 is 10.4 Å². The van der Waals surface area contributed by atoms with E-state index in [1.807, 2.05) is 61.6 Å². The van der Waals surface area contributed by atoms with E-state index >= 15 is 0 Å². The highest BCUT2D eigenvalue weighted by Crippen LogP contribution is 2.36. The molecule has 0 saturated heterocycles. The summed E-state index contributed by atoms with van der Waals surface area (Å²) in [5.74, 6) is -0.202. The number of carbonyl (C=O) groups excluding carboxylic acids is 1. The monoisotopic (exact) mass is 361 g/mol. The average molecular weight is 361 g/mol. The third-order valence-electron chi connectivity index (χ3n) is 5.39. The highest BCUT2D eigenvalue weighted by atomic mass is 16.3. The molecule has 0 fully saturated rings. The summed E-state index contributed by atoms with van der Waals surface area (Å²) >= 11 is 0. The molecule has 0 saturated carbocycles. The Hall–Kier alpha value is -2.92. The van der Waals surface area contributed by atoms with Gasteiger partial charge in [0, 0.05) is 13.5 Å². The van der Waals surface area contributed by atoms with Gasteiger partial charge in [0.2, 0.25) is 0 Å². The van der Waals surface area contributed by atoms with Crippen LogP contribution in [0.1, 0.15) is 39.2 Å². The number of aliphatic hydroxyl groups is 1. The molecule has 5 heteroatoms. The second-order valence-electron chi connectivity index (χ2n) is 7.16. The van der Waals surface area contributed by atoms with Crippen LogP contribution in [0.15, 0.2) is 60.8 Å². The minimum absolute atomic E-state index is 0.197. The summed E-state index contributed by atoms with van der Waals surface area (Å²) in [6, 6.07) is 17.9. The van der Waals surface area contributed by atoms with Crippen molar-refractivity contribution in [3.63, 3.8) is 0 Å². The number of amides is 1. The molecule has 0 aliphatic heterocycles. The van der Waals surface area contributed by atoms with Crippen LogP contribution in [0.3, 0.4) is 0 Å². The molecule has 1 aromatic heterocycles. The second kappa shape index (κ2) is 7.00. The molecule has 1 heterocycles. The predicted molar refractivity (Wildman–Crippen MR) is 103 cm³/mol. The van der Waals surface area contributed by atoms with Gasteiger partial charge >= 0.3 is 0 Å². The molecule has 1 amide bonds. The molecule has 0 bridgehead atoms. The smallest absolute Gasteiger partial charge is 0.254 e. The number of nitrogens with zero attached hydrogens (tertiary/aromatic N) is 2.